The summed E-state index contributed by atoms with van der Waals surface area (Å²) in [5.41, 5.74) is 0.198. The van der Waals surface area contributed by atoms with Gasteiger partial charge in [-0.15, -0.1) is 11.3 Å². The van der Waals surface area contributed by atoms with Crippen LogP contribution >= 0.6 is 11.3 Å². The van der Waals surface area contributed by atoms with Crippen LogP contribution in [0.4, 0.5) is 10.9 Å². The van der Waals surface area contributed by atoms with Crippen molar-refractivity contribution in [3.63, 3.8) is 0 Å². The SMILES string of the molecule is CCOC(=O)c1csc(NC(=O)[C@@H]2CCCN(c3cc(-n4cncn4)ncn3)C2)n1. The second-order valence-corrected chi connectivity index (χ2v) is 7.47. The van der Waals surface area contributed by atoms with Gasteiger partial charge in [0.25, 0.3) is 0 Å². The van der Waals surface area contributed by atoms with Crippen LogP contribution in [0.2, 0.25) is 0 Å². The van der Waals surface area contributed by atoms with Crippen LogP contribution in [-0.2, 0) is 9.53 Å². The van der Waals surface area contributed by atoms with Crippen molar-refractivity contribution in [1.82, 2.24) is 29.7 Å². The van der Waals surface area contributed by atoms with E-state index in [9.17, 15) is 9.59 Å². The van der Waals surface area contributed by atoms with Gasteiger partial charge in [0.15, 0.2) is 16.6 Å². The van der Waals surface area contributed by atoms with Crippen LogP contribution in [0, 0.1) is 5.92 Å². The first-order valence-corrected chi connectivity index (χ1v) is 10.4. The number of ether oxygens (including phenoxy) is 1. The Morgan fingerprint density at radius 3 is 2.97 bits per heavy atom. The highest BCUT2D eigenvalue weighted by molar-refractivity contribution is 7.14. The third-order valence-electron chi connectivity index (χ3n) is 4.63. The number of anilines is 2. The van der Waals surface area contributed by atoms with Crippen LogP contribution in [0.3, 0.4) is 0 Å². The molecular formula is C18H20N8O3S. The van der Waals surface area contributed by atoms with E-state index in [1.807, 2.05) is 6.07 Å². The first-order chi connectivity index (χ1) is 14.6. The summed E-state index contributed by atoms with van der Waals surface area (Å²) in [6.07, 6.45) is 6.10. The van der Waals surface area contributed by atoms with E-state index in [1.54, 1.807) is 23.3 Å². The van der Waals surface area contributed by atoms with Gasteiger partial charge in [-0.2, -0.15) is 5.10 Å². The van der Waals surface area contributed by atoms with Crippen molar-refractivity contribution in [2.75, 3.05) is 29.9 Å². The number of piperidine rings is 1. The Labute approximate surface area is 176 Å². The molecule has 3 aromatic rings. The fourth-order valence-electron chi connectivity index (χ4n) is 3.20. The van der Waals surface area contributed by atoms with E-state index >= 15 is 0 Å². The van der Waals surface area contributed by atoms with Crippen molar-refractivity contribution in [1.29, 1.82) is 0 Å². The second kappa shape index (κ2) is 8.95. The van der Waals surface area contributed by atoms with Crippen molar-refractivity contribution in [3.8, 4) is 5.82 Å². The number of aromatic nitrogens is 6. The summed E-state index contributed by atoms with van der Waals surface area (Å²) >= 11 is 1.20. The molecule has 0 saturated carbocycles. The van der Waals surface area contributed by atoms with Crippen molar-refractivity contribution in [3.05, 3.63) is 36.1 Å². The lowest BCUT2D eigenvalue weighted by atomic mass is 9.97. The topological polar surface area (TPSA) is 128 Å². The Balaban J connectivity index is 1.41. The smallest absolute Gasteiger partial charge is 0.357 e. The number of carbonyl (C=O) groups is 2. The minimum atomic E-state index is -0.495. The molecule has 12 heteroatoms. The Hall–Kier alpha value is -3.41. The lowest BCUT2D eigenvalue weighted by Crippen LogP contribution is -2.41. The third kappa shape index (κ3) is 4.43. The van der Waals surface area contributed by atoms with Gasteiger partial charge in [0, 0.05) is 24.5 Å². The van der Waals surface area contributed by atoms with E-state index in [1.165, 1.54) is 24.0 Å². The number of esters is 1. The van der Waals surface area contributed by atoms with E-state index in [2.05, 4.69) is 35.3 Å². The maximum atomic E-state index is 12.8. The summed E-state index contributed by atoms with van der Waals surface area (Å²) in [6.45, 7) is 3.32. The van der Waals surface area contributed by atoms with Crippen LogP contribution in [-0.4, -0.2) is 61.3 Å². The number of carbonyl (C=O) groups excluding carboxylic acids is 2. The zero-order valence-corrected chi connectivity index (χ0v) is 17.1. The largest absolute Gasteiger partial charge is 0.461 e. The van der Waals surface area contributed by atoms with Crippen LogP contribution in [0.5, 0.6) is 0 Å². The lowest BCUT2D eigenvalue weighted by Gasteiger charge is -2.32. The maximum absolute atomic E-state index is 12.8. The van der Waals surface area contributed by atoms with Crippen LogP contribution in [0.15, 0.2) is 30.4 Å². The summed E-state index contributed by atoms with van der Waals surface area (Å²) in [5.74, 6) is 0.490. The molecule has 0 radical (unpaired) electrons. The molecule has 1 aliphatic heterocycles. The second-order valence-electron chi connectivity index (χ2n) is 6.61. The number of rotatable bonds is 6. The number of hydrogen-bond donors (Lipinski definition) is 1. The molecule has 1 amide bonds. The van der Waals surface area contributed by atoms with E-state index in [4.69, 9.17) is 4.74 Å². The third-order valence-corrected chi connectivity index (χ3v) is 5.38. The summed E-state index contributed by atoms with van der Waals surface area (Å²) in [5, 5.41) is 8.86. The van der Waals surface area contributed by atoms with Gasteiger partial charge in [-0.25, -0.2) is 29.4 Å². The van der Waals surface area contributed by atoms with E-state index in [0.29, 0.717) is 17.5 Å². The minimum Gasteiger partial charge on any atom is -0.461 e. The van der Waals surface area contributed by atoms with E-state index in [-0.39, 0.29) is 24.1 Å². The molecule has 0 unspecified atom stereocenters. The van der Waals surface area contributed by atoms with Crippen LogP contribution in [0.25, 0.3) is 5.82 Å². The molecule has 4 rings (SSSR count). The Morgan fingerprint density at radius 1 is 1.30 bits per heavy atom. The molecule has 11 nitrogen and oxygen atoms in total. The fourth-order valence-corrected chi connectivity index (χ4v) is 3.88. The number of nitrogens with one attached hydrogen (secondary N) is 1. The van der Waals surface area contributed by atoms with Crippen molar-refractivity contribution in [2.45, 2.75) is 19.8 Å². The molecule has 1 saturated heterocycles. The molecule has 0 aliphatic carbocycles. The first-order valence-electron chi connectivity index (χ1n) is 9.49. The summed E-state index contributed by atoms with van der Waals surface area (Å²) in [7, 11) is 0. The number of hydrogen-bond acceptors (Lipinski definition) is 10. The van der Waals surface area contributed by atoms with Gasteiger partial charge in [0.1, 0.15) is 24.8 Å². The number of nitrogens with zero attached hydrogens (tertiary/aromatic N) is 7. The predicted octanol–water partition coefficient (Wildman–Crippen LogP) is 1.55. The molecule has 30 heavy (non-hydrogen) atoms. The minimum absolute atomic E-state index is 0.130. The first kappa shape index (κ1) is 19.9. The van der Waals surface area contributed by atoms with Crippen LogP contribution in [0.1, 0.15) is 30.3 Å². The zero-order chi connectivity index (χ0) is 20.9. The maximum Gasteiger partial charge on any atom is 0.357 e. The van der Waals surface area contributed by atoms with Crippen molar-refractivity contribution >= 4 is 34.2 Å². The lowest BCUT2D eigenvalue weighted by molar-refractivity contribution is -0.120. The number of thiazole rings is 1. The van der Waals surface area contributed by atoms with E-state index in [0.717, 1.165) is 25.2 Å². The summed E-state index contributed by atoms with van der Waals surface area (Å²) in [4.78, 5) is 43.2. The van der Waals surface area contributed by atoms with Gasteiger partial charge in [-0.3, -0.25) is 4.79 Å². The molecule has 1 aliphatic rings. The monoisotopic (exact) mass is 428 g/mol. The van der Waals surface area contributed by atoms with Gasteiger partial charge in [0.05, 0.1) is 12.5 Å². The fraction of sp³-hybridized carbons (Fsp3) is 0.389. The summed E-state index contributed by atoms with van der Waals surface area (Å²) < 4.78 is 6.48. The molecule has 0 spiro atoms. The van der Waals surface area contributed by atoms with Crippen LogP contribution < -0.4 is 10.2 Å². The average molecular weight is 428 g/mol. The molecule has 1 fully saturated rings. The highest BCUT2D eigenvalue weighted by atomic mass is 32.1. The molecule has 0 bridgehead atoms. The zero-order valence-electron chi connectivity index (χ0n) is 16.3. The summed E-state index contributed by atoms with van der Waals surface area (Å²) in [6, 6.07) is 1.82. The van der Waals surface area contributed by atoms with Gasteiger partial charge in [0.2, 0.25) is 5.91 Å². The molecule has 0 aromatic carbocycles. The van der Waals surface area contributed by atoms with Gasteiger partial charge >= 0.3 is 5.97 Å². The van der Waals surface area contributed by atoms with Gasteiger partial charge in [-0.1, -0.05) is 0 Å². The highest BCUT2D eigenvalue weighted by Gasteiger charge is 2.27. The van der Waals surface area contributed by atoms with E-state index < -0.39 is 5.97 Å². The normalized spacial score (nSPS) is 16.3. The van der Waals surface area contributed by atoms with Crippen molar-refractivity contribution < 1.29 is 14.3 Å². The highest BCUT2D eigenvalue weighted by Crippen LogP contribution is 2.24. The molecular weight excluding hydrogens is 408 g/mol. The average Bonchev–Trinajstić information content (AvgIpc) is 3.47. The van der Waals surface area contributed by atoms with Gasteiger partial charge < -0.3 is 15.0 Å². The molecule has 1 atom stereocenters. The Morgan fingerprint density at radius 2 is 2.17 bits per heavy atom. The predicted molar refractivity (Wildman–Crippen MR) is 109 cm³/mol. The quantitative estimate of drug-likeness (QED) is 0.581. The Bertz CT molecular complexity index is 1020. The Kier molecular flexibility index (Phi) is 5.93. The standard InChI is InChI=1S/C18H20N8O3S/c1-2-29-17(28)13-8-30-18(23-13)24-16(27)12-4-3-5-25(7-12)14-6-15(21-10-20-14)26-11-19-9-22-26/h6,8-12H,2-5,7H2,1H3,(H,23,24,27)/t12-/m1/s1. The van der Waals surface area contributed by atoms with Crippen molar-refractivity contribution in [2.24, 2.45) is 5.92 Å². The van der Waals surface area contributed by atoms with Gasteiger partial charge in [-0.05, 0) is 19.8 Å². The molecule has 156 valence electrons. The molecule has 4 heterocycles. The number of amides is 1. The molecule has 1 N–H and O–H groups in total. The molecule has 3 aromatic heterocycles.